The van der Waals surface area contributed by atoms with E-state index in [2.05, 4.69) is 53.9 Å². The van der Waals surface area contributed by atoms with Crippen molar-refractivity contribution in [2.75, 3.05) is 6.54 Å². The Morgan fingerprint density at radius 1 is 0.857 bits per heavy atom. The third-order valence-electron chi connectivity index (χ3n) is 5.24. The van der Waals surface area contributed by atoms with E-state index in [1.54, 1.807) is 5.57 Å². The zero-order valence-corrected chi connectivity index (χ0v) is 12.6. The summed E-state index contributed by atoms with van der Waals surface area (Å²) < 4.78 is 0. The SMILES string of the molecule is C1=C(c2ccc3ccccc3c2)C2(CCCCC2)NCC1. The van der Waals surface area contributed by atoms with Crippen molar-refractivity contribution in [3.63, 3.8) is 0 Å². The van der Waals surface area contributed by atoms with E-state index in [1.807, 2.05) is 0 Å². The average molecular weight is 277 g/mol. The summed E-state index contributed by atoms with van der Waals surface area (Å²) in [6.07, 6.45) is 10.4. The molecule has 2 aromatic rings. The van der Waals surface area contributed by atoms with E-state index in [0.717, 1.165) is 13.0 Å². The van der Waals surface area contributed by atoms with Crippen LogP contribution in [0.15, 0.2) is 48.5 Å². The second-order valence-electron chi connectivity index (χ2n) is 6.54. The number of benzene rings is 2. The fourth-order valence-electron chi connectivity index (χ4n) is 4.17. The van der Waals surface area contributed by atoms with Crippen LogP contribution in [0.4, 0.5) is 0 Å². The summed E-state index contributed by atoms with van der Waals surface area (Å²) in [5, 5.41) is 6.55. The van der Waals surface area contributed by atoms with Gasteiger partial charge in [0.15, 0.2) is 0 Å². The molecular weight excluding hydrogens is 254 g/mol. The topological polar surface area (TPSA) is 12.0 Å². The molecule has 1 spiro atoms. The third-order valence-corrected chi connectivity index (χ3v) is 5.24. The van der Waals surface area contributed by atoms with Crippen LogP contribution in [-0.4, -0.2) is 12.1 Å². The van der Waals surface area contributed by atoms with Gasteiger partial charge in [0.2, 0.25) is 0 Å². The van der Waals surface area contributed by atoms with Crippen LogP contribution in [0.25, 0.3) is 16.3 Å². The van der Waals surface area contributed by atoms with Crippen LogP contribution in [0.1, 0.15) is 44.1 Å². The van der Waals surface area contributed by atoms with E-state index in [4.69, 9.17) is 0 Å². The maximum atomic E-state index is 3.86. The fraction of sp³-hybridized carbons (Fsp3) is 0.400. The Bertz CT molecular complexity index is 677. The maximum absolute atomic E-state index is 3.86. The molecule has 1 heterocycles. The summed E-state index contributed by atoms with van der Waals surface area (Å²) in [5.41, 5.74) is 3.22. The van der Waals surface area contributed by atoms with Gasteiger partial charge in [-0.1, -0.05) is 61.7 Å². The van der Waals surface area contributed by atoms with Gasteiger partial charge in [-0.25, -0.2) is 0 Å². The standard InChI is InChI=1S/C20H23N/c1-4-12-20(13-5-1)19(9-6-14-21-20)18-11-10-16-7-2-3-8-17(16)15-18/h2-3,7-11,15,21H,1,4-6,12-14H2. The van der Waals surface area contributed by atoms with E-state index >= 15 is 0 Å². The van der Waals surface area contributed by atoms with Crippen molar-refractivity contribution in [3.8, 4) is 0 Å². The number of fused-ring (bicyclic) bond motifs is 1. The van der Waals surface area contributed by atoms with Crippen molar-refractivity contribution in [2.45, 2.75) is 44.1 Å². The molecule has 0 saturated heterocycles. The van der Waals surface area contributed by atoms with E-state index in [-0.39, 0.29) is 5.54 Å². The largest absolute Gasteiger partial charge is 0.307 e. The molecule has 1 aliphatic carbocycles. The van der Waals surface area contributed by atoms with Gasteiger partial charge in [-0.3, -0.25) is 0 Å². The molecule has 1 heteroatoms. The van der Waals surface area contributed by atoms with Crippen LogP contribution >= 0.6 is 0 Å². The predicted molar refractivity (Wildman–Crippen MR) is 90.4 cm³/mol. The zero-order chi connectivity index (χ0) is 14.1. The second-order valence-corrected chi connectivity index (χ2v) is 6.54. The molecule has 0 atom stereocenters. The van der Waals surface area contributed by atoms with Gasteiger partial charge in [-0.15, -0.1) is 0 Å². The molecule has 2 aliphatic rings. The number of hydrogen-bond donors (Lipinski definition) is 1. The quantitative estimate of drug-likeness (QED) is 0.780. The minimum Gasteiger partial charge on any atom is -0.307 e. The predicted octanol–water partition coefficient (Wildman–Crippen LogP) is 4.92. The molecule has 1 N–H and O–H groups in total. The average Bonchev–Trinajstić information content (AvgIpc) is 2.56. The lowest BCUT2D eigenvalue weighted by atomic mass is 9.72. The highest BCUT2D eigenvalue weighted by atomic mass is 15.0. The number of rotatable bonds is 1. The number of nitrogens with one attached hydrogen (secondary N) is 1. The second kappa shape index (κ2) is 5.31. The normalized spacial score (nSPS) is 21.4. The summed E-state index contributed by atoms with van der Waals surface area (Å²) in [4.78, 5) is 0. The van der Waals surface area contributed by atoms with Gasteiger partial charge in [0.25, 0.3) is 0 Å². The first-order chi connectivity index (χ1) is 10.4. The molecular formula is C20H23N. The number of hydrogen-bond acceptors (Lipinski definition) is 1. The fourth-order valence-corrected chi connectivity index (χ4v) is 4.17. The molecule has 0 amide bonds. The Hall–Kier alpha value is -1.60. The lowest BCUT2D eigenvalue weighted by molar-refractivity contribution is 0.295. The van der Waals surface area contributed by atoms with Crippen LogP contribution in [0.2, 0.25) is 0 Å². The minimum atomic E-state index is 0.249. The Kier molecular flexibility index (Phi) is 3.31. The van der Waals surface area contributed by atoms with Gasteiger partial charge in [0.05, 0.1) is 0 Å². The van der Waals surface area contributed by atoms with Crippen LogP contribution < -0.4 is 5.32 Å². The molecule has 21 heavy (non-hydrogen) atoms. The molecule has 0 unspecified atom stereocenters. The van der Waals surface area contributed by atoms with Crippen LogP contribution in [0, 0.1) is 0 Å². The molecule has 1 fully saturated rings. The van der Waals surface area contributed by atoms with Crippen molar-refractivity contribution >= 4 is 16.3 Å². The van der Waals surface area contributed by atoms with E-state index in [1.165, 1.54) is 48.4 Å². The van der Waals surface area contributed by atoms with Crippen LogP contribution in [-0.2, 0) is 0 Å². The van der Waals surface area contributed by atoms with Crippen molar-refractivity contribution in [2.24, 2.45) is 0 Å². The Labute approximate surface area is 127 Å². The minimum absolute atomic E-state index is 0.249. The third kappa shape index (κ3) is 2.30. The first-order valence-electron chi connectivity index (χ1n) is 8.32. The first kappa shape index (κ1) is 13.1. The first-order valence-corrected chi connectivity index (χ1v) is 8.32. The van der Waals surface area contributed by atoms with Crippen molar-refractivity contribution in [1.29, 1.82) is 0 Å². The van der Waals surface area contributed by atoms with Crippen molar-refractivity contribution < 1.29 is 0 Å². The van der Waals surface area contributed by atoms with E-state index < -0.39 is 0 Å². The molecule has 1 nitrogen and oxygen atoms in total. The molecule has 4 rings (SSSR count). The molecule has 2 aromatic carbocycles. The molecule has 1 aliphatic heterocycles. The molecule has 0 radical (unpaired) electrons. The van der Waals surface area contributed by atoms with Gasteiger partial charge in [-0.2, -0.15) is 0 Å². The van der Waals surface area contributed by atoms with Gasteiger partial charge in [-0.05, 0) is 53.8 Å². The Morgan fingerprint density at radius 3 is 2.52 bits per heavy atom. The lowest BCUT2D eigenvalue weighted by Crippen LogP contribution is -2.49. The highest BCUT2D eigenvalue weighted by Gasteiger charge is 2.37. The molecule has 108 valence electrons. The summed E-state index contributed by atoms with van der Waals surface area (Å²) in [6.45, 7) is 1.14. The van der Waals surface area contributed by atoms with Gasteiger partial charge in [0, 0.05) is 5.54 Å². The Balaban J connectivity index is 1.79. The highest BCUT2D eigenvalue weighted by Crippen LogP contribution is 2.41. The molecule has 0 aromatic heterocycles. The summed E-state index contributed by atoms with van der Waals surface area (Å²) >= 11 is 0. The van der Waals surface area contributed by atoms with Crippen molar-refractivity contribution in [1.82, 2.24) is 5.32 Å². The monoisotopic (exact) mass is 277 g/mol. The summed E-state index contributed by atoms with van der Waals surface area (Å²) in [7, 11) is 0. The molecule has 1 saturated carbocycles. The summed E-state index contributed by atoms with van der Waals surface area (Å²) in [6, 6.07) is 15.6. The summed E-state index contributed by atoms with van der Waals surface area (Å²) in [5.74, 6) is 0. The van der Waals surface area contributed by atoms with Crippen LogP contribution in [0.5, 0.6) is 0 Å². The van der Waals surface area contributed by atoms with Crippen LogP contribution in [0.3, 0.4) is 0 Å². The van der Waals surface area contributed by atoms with Gasteiger partial charge in [0.1, 0.15) is 0 Å². The highest BCUT2D eigenvalue weighted by molar-refractivity contribution is 5.87. The van der Waals surface area contributed by atoms with Gasteiger partial charge < -0.3 is 5.32 Å². The molecule has 0 bridgehead atoms. The zero-order valence-electron chi connectivity index (χ0n) is 12.6. The lowest BCUT2D eigenvalue weighted by Gasteiger charge is -2.43. The van der Waals surface area contributed by atoms with E-state index in [9.17, 15) is 0 Å². The van der Waals surface area contributed by atoms with Gasteiger partial charge >= 0.3 is 0 Å². The Morgan fingerprint density at radius 2 is 1.67 bits per heavy atom. The van der Waals surface area contributed by atoms with Crippen molar-refractivity contribution in [3.05, 3.63) is 54.1 Å². The smallest absolute Gasteiger partial charge is 0.0437 e. The van der Waals surface area contributed by atoms with E-state index in [0.29, 0.717) is 0 Å². The maximum Gasteiger partial charge on any atom is 0.0437 e.